The number of carbonyl (C=O) groups excluding carboxylic acids is 2. The molecule has 3 atom stereocenters. The Balaban J connectivity index is 1.28. The van der Waals surface area contributed by atoms with Crippen LogP contribution in [0.2, 0.25) is 0 Å². The number of hydrogen-bond acceptors (Lipinski definition) is 7. The first-order valence-corrected chi connectivity index (χ1v) is 11.8. The highest BCUT2D eigenvalue weighted by molar-refractivity contribution is 5.90. The summed E-state index contributed by atoms with van der Waals surface area (Å²) in [5.74, 6) is 0.0119. The van der Waals surface area contributed by atoms with E-state index in [0.29, 0.717) is 5.92 Å². The highest BCUT2D eigenvalue weighted by Crippen LogP contribution is 2.40. The second-order valence-electron chi connectivity index (χ2n) is 10.8. The summed E-state index contributed by atoms with van der Waals surface area (Å²) in [5.41, 5.74) is 0.471. The molecule has 2 saturated carbocycles. The molecule has 0 radical (unpaired) electrons. The zero-order valence-electron chi connectivity index (χ0n) is 19.3. The number of carbonyl (C=O) groups is 2. The normalized spacial score (nSPS) is 28.4. The van der Waals surface area contributed by atoms with E-state index in [1.165, 1.54) is 11.2 Å². The highest BCUT2D eigenvalue weighted by atomic mass is 16.3. The lowest BCUT2D eigenvalue weighted by atomic mass is 9.85. The largest absolute Gasteiger partial charge is 0.391 e. The van der Waals surface area contributed by atoms with Crippen molar-refractivity contribution in [2.45, 2.75) is 89.1 Å². The smallest absolute Gasteiger partial charge is 0.248 e. The van der Waals surface area contributed by atoms with E-state index in [0.717, 1.165) is 31.4 Å². The predicted octanol–water partition coefficient (Wildman–Crippen LogP) is 0.816. The molecule has 2 aliphatic carbocycles. The molecule has 3 heterocycles. The van der Waals surface area contributed by atoms with E-state index in [4.69, 9.17) is 0 Å². The van der Waals surface area contributed by atoms with Gasteiger partial charge in [-0.15, -0.1) is 5.10 Å². The van der Waals surface area contributed by atoms with Gasteiger partial charge in [-0.05, 0) is 31.1 Å². The monoisotopic (exact) mass is 456 g/mol. The van der Waals surface area contributed by atoms with Gasteiger partial charge in [0.1, 0.15) is 24.7 Å². The van der Waals surface area contributed by atoms with E-state index in [1.807, 2.05) is 27.0 Å². The van der Waals surface area contributed by atoms with Crippen molar-refractivity contribution in [1.82, 2.24) is 40.0 Å². The minimum atomic E-state index is -0.729. The number of hydrogen-bond donors (Lipinski definition) is 2. The van der Waals surface area contributed by atoms with Gasteiger partial charge < -0.3 is 15.3 Å². The van der Waals surface area contributed by atoms with Gasteiger partial charge >= 0.3 is 0 Å². The molecule has 3 aliphatic rings. The zero-order valence-corrected chi connectivity index (χ0v) is 19.3. The molecule has 11 heteroatoms. The van der Waals surface area contributed by atoms with E-state index < -0.39 is 23.6 Å². The molecule has 1 aliphatic heterocycles. The van der Waals surface area contributed by atoms with Crippen molar-refractivity contribution < 1.29 is 14.7 Å². The summed E-state index contributed by atoms with van der Waals surface area (Å²) in [6.07, 6.45) is 8.30. The van der Waals surface area contributed by atoms with Crippen molar-refractivity contribution in [2.24, 2.45) is 5.41 Å². The van der Waals surface area contributed by atoms with Gasteiger partial charge in [-0.25, -0.2) is 14.3 Å². The summed E-state index contributed by atoms with van der Waals surface area (Å²) in [6, 6.07) is -1.06. The van der Waals surface area contributed by atoms with Crippen molar-refractivity contribution >= 4 is 11.8 Å². The number of aromatic nitrogens is 6. The lowest BCUT2D eigenvalue weighted by molar-refractivity contribution is -0.144. The molecule has 0 unspecified atom stereocenters. The lowest BCUT2D eigenvalue weighted by Crippen LogP contribution is -2.54. The van der Waals surface area contributed by atoms with Gasteiger partial charge in [0.2, 0.25) is 11.8 Å². The summed E-state index contributed by atoms with van der Waals surface area (Å²) in [5, 5.41) is 26.1. The number of aliphatic hydroxyl groups is 1. The Bertz CT molecular complexity index is 1000. The summed E-state index contributed by atoms with van der Waals surface area (Å²) in [6.45, 7) is 6.08. The van der Waals surface area contributed by atoms with Crippen LogP contribution in [0, 0.1) is 5.41 Å². The van der Waals surface area contributed by atoms with Crippen LogP contribution in [0.5, 0.6) is 0 Å². The number of aliphatic hydroxyl groups excluding tert-OH is 1. The average Bonchev–Trinajstić information content (AvgIpc) is 3.11. The molecule has 5 rings (SSSR count). The summed E-state index contributed by atoms with van der Waals surface area (Å²) in [4.78, 5) is 32.4. The molecule has 1 saturated heterocycles. The van der Waals surface area contributed by atoms with Crippen LogP contribution in [0.25, 0.3) is 0 Å². The fourth-order valence-corrected chi connectivity index (χ4v) is 4.95. The van der Waals surface area contributed by atoms with Crippen LogP contribution in [0.3, 0.4) is 0 Å². The number of likely N-dealkylation sites (tertiary alicyclic amines) is 1. The molecule has 0 aromatic carbocycles. The fourth-order valence-electron chi connectivity index (χ4n) is 4.95. The lowest BCUT2D eigenvalue weighted by Gasteiger charge is -2.38. The van der Waals surface area contributed by atoms with Gasteiger partial charge in [0.05, 0.1) is 17.8 Å². The molecule has 11 nitrogen and oxygen atoms in total. The molecule has 33 heavy (non-hydrogen) atoms. The van der Waals surface area contributed by atoms with Crippen LogP contribution >= 0.6 is 0 Å². The molecule has 2 aromatic rings. The van der Waals surface area contributed by atoms with Gasteiger partial charge in [0, 0.05) is 31.1 Å². The number of amides is 2. The van der Waals surface area contributed by atoms with E-state index in [1.54, 1.807) is 15.7 Å². The van der Waals surface area contributed by atoms with Crippen molar-refractivity contribution in [3.63, 3.8) is 0 Å². The first-order valence-electron chi connectivity index (χ1n) is 11.8. The maximum absolute atomic E-state index is 13.8. The minimum absolute atomic E-state index is 0.0243. The van der Waals surface area contributed by atoms with Crippen LogP contribution in [0.4, 0.5) is 0 Å². The van der Waals surface area contributed by atoms with Gasteiger partial charge in [0.25, 0.3) is 0 Å². The Labute approximate surface area is 192 Å². The van der Waals surface area contributed by atoms with Crippen LogP contribution in [-0.4, -0.2) is 76.3 Å². The molecular formula is C22H32N8O3. The maximum atomic E-state index is 13.8. The third-order valence-corrected chi connectivity index (χ3v) is 6.98. The van der Waals surface area contributed by atoms with E-state index >= 15 is 0 Å². The van der Waals surface area contributed by atoms with Crippen LogP contribution in [-0.2, 0) is 9.59 Å². The van der Waals surface area contributed by atoms with Gasteiger partial charge in [-0.2, -0.15) is 5.10 Å². The molecular weight excluding hydrogens is 424 g/mol. The SMILES string of the molecule is CC(C)(C)[C@@H](C(=O)N1C[C@H](O)C[C@H]1C(=O)NC1CC(n2cncn2)C1)n1cc(C2CC2)nn1. The van der Waals surface area contributed by atoms with Crippen molar-refractivity contribution in [3.05, 3.63) is 24.5 Å². The van der Waals surface area contributed by atoms with Crippen LogP contribution in [0.1, 0.15) is 76.6 Å². The second kappa shape index (κ2) is 8.19. The first kappa shape index (κ1) is 22.0. The third kappa shape index (κ3) is 4.38. The molecule has 178 valence electrons. The predicted molar refractivity (Wildman–Crippen MR) is 117 cm³/mol. The quantitative estimate of drug-likeness (QED) is 0.658. The van der Waals surface area contributed by atoms with E-state index in [2.05, 4.69) is 25.7 Å². The molecule has 2 N–H and O–H groups in total. The summed E-state index contributed by atoms with van der Waals surface area (Å²) in [7, 11) is 0. The van der Waals surface area contributed by atoms with Gasteiger partial charge in [-0.1, -0.05) is 26.0 Å². The molecule has 0 bridgehead atoms. The topological polar surface area (TPSA) is 131 Å². The zero-order chi connectivity index (χ0) is 23.3. The maximum Gasteiger partial charge on any atom is 0.248 e. The van der Waals surface area contributed by atoms with Crippen LogP contribution < -0.4 is 5.32 Å². The number of rotatable bonds is 6. The highest BCUT2D eigenvalue weighted by Gasteiger charge is 2.46. The number of nitrogens with one attached hydrogen (secondary N) is 1. The number of nitrogens with zero attached hydrogens (tertiary/aromatic N) is 7. The first-order chi connectivity index (χ1) is 15.7. The Morgan fingerprint density at radius 3 is 2.61 bits per heavy atom. The third-order valence-electron chi connectivity index (χ3n) is 6.98. The summed E-state index contributed by atoms with van der Waals surface area (Å²) >= 11 is 0. The standard InChI is InChI=1S/C22H32N8O3/c1-22(2,3)19(29-10-17(26-27-29)13-4-5-13)21(33)28-9-16(31)8-18(28)20(32)25-14-6-15(7-14)30-12-23-11-24-30/h10-16,18-19,31H,4-9H2,1-3H3,(H,25,32)/t14?,15?,16-,18+,19-/m1/s1. The molecule has 2 amide bonds. The van der Waals surface area contributed by atoms with Gasteiger partial charge in [0.15, 0.2) is 0 Å². The second-order valence-corrected chi connectivity index (χ2v) is 10.8. The average molecular weight is 457 g/mol. The Morgan fingerprint density at radius 2 is 1.97 bits per heavy atom. The minimum Gasteiger partial charge on any atom is -0.391 e. The van der Waals surface area contributed by atoms with Crippen LogP contribution in [0.15, 0.2) is 18.9 Å². The van der Waals surface area contributed by atoms with Crippen molar-refractivity contribution in [1.29, 1.82) is 0 Å². The Kier molecular flexibility index (Phi) is 5.46. The van der Waals surface area contributed by atoms with Crippen molar-refractivity contribution in [3.8, 4) is 0 Å². The van der Waals surface area contributed by atoms with E-state index in [-0.39, 0.29) is 36.9 Å². The van der Waals surface area contributed by atoms with Gasteiger partial charge in [-0.3, -0.25) is 9.59 Å². The molecule has 3 fully saturated rings. The fraction of sp³-hybridized carbons (Fsp3) is 0.727. The van der Waals surface area contributed by atoms with E-state index in [9.17, 15) is 14.7 Å². The molecule has 2 aromatic heterocycles. The van der Waals surface area contributed by atoms with Crippen molar-refractivity contribution in [2.75, 3.05) is 6.54 Å². The Morgan fingerprint density at radius 1 is 1.21 bits per heavy atom. The number of β-amino-alcohol motifs (C(OH)–C–C–N with tert-alkyl or cyclic N) is 1. The molecule has 0 spiro atoms. The summed E-state index contributed by atoms with van der Waals surface area (Å²) < 4.78 is 3.45. The Hall–Kier alpha value is -2.82.